The number of carbonyl (C=O) groups is 1. The Hall–Kier alpha value is -4.54. The molecule has 0 saturated heterocycles. The molecule has 38 heavy (non-hydrogen) atoms. The molecule has 0 atom stereocenters. The molecule has 0 radical (unpaired) electrons. The van der Waals surface area contributed by atoms with Gasteiger partial charge in [0, 0.05) is 42.9 Å². The van der Waals surface area contributed by atoms with Crippen molar-refractivity contribution in [3.05, 3.63) is 49.1 Å². The summed E-state index contributed by atoms with van der Waals surface area (Å²) in [5.74, 6) is -0.478. The first-order chi connectivity index (χ1) is 18.3. The Bertz CT molecular complexity index is 1470. The lowest BCUT2D eigenvalue weighted by atomic mass is 10.2. The number of unbranched alkanes of at least 4 members (excludes halogenated alkanes) is 1. The summed E-state index contributed by atoms with van der Waals surface area (Å²) in [6.07, 6.45) is 5.49. The fourth-order valence-electron chi connectivity index (χ4n) is 4.11. The number of fused-ring (bicyclic) bond motifs is 1. The van der Waals surface area contributed by atoms with Gasteiger partial charge < -0.3 is 15.2 Å². The highest BCUT2D eigenvalue weighted by Crippen LogP contribution is 2.49. The number of hydrogen-bond donors (Lipinski definition) is 2. The molecule has 1 aliphatic rings. The van der Waals surface area contributed by atoms with Crippen LogP contribution >= 0.6 is 0 Å². The van der Waals surface area contributed by atoms with Gasteiger partial charge in [-0.15, -0.1) is 0 Å². The Morgan fingerprint density at radius 1 is 1.18 bits per heavy atom. The van der Waals surface area contributed by atoms with Crippen molar-refractivity contribution >= 4 is 22.8 Å². The number of hydrogen-bond acceptors (Lipinski definition) is 8. The summed E-state index contributed by atoms with van der Waals surface area (Å²) in [5.41, 5.74) is -0.0523. The number of carbonyl (C=O) groups excluding carboxylic acids is 1. The van der Waals surface area contributed by atoms with Crippen LogP contribution in [0.4, 0.5) is 19.0 Å². The minimum Gasteiger partial charge on any atom is -0.353 e. The van der Waals surface area contributed by atoms with Crippen molar-refractivity contribution < 1.29 is 18.0 Å². The van der Waals surface area contributed by atoms with E-state index in [1.54, 1.807) is 17.1 Å². The molecule has 1 amide bonds. The van der Waals surface area contributed by atoms with Crippen molar-refractivity contribution in [3.8, 4) is 17.3 Å². The quantitative estimate of drug-likeness (QED) is 0.301. The first kappa shape index (κ1) is 25.1. The van der Waals surface area contributed by atoms with Crippen molar-refractivity contribution in [2.45, 2.75) is 43.9 Å². The maximum Gasteiger partial charge on any atom is 0.411 e. The molecule has 5 rings (SSSR count). The van der Waals surface area contributed by atoms with E-state index in [0.29, 0.717) is 38.3 Å². The maximum absolute atomic E-state index is 13.2. The highest BCUT2D eigenvalue weighted by molar-refractivity contribution is 5.93. The van der Waals surface area contributed by atoms with Crippen LogP contribution in [0.1, 0.15) is 36.2 Å². The minimum absolute atomic E-state index is 0.150. The summed E-state index contributed by atoms with van der Waals surface area (Å²) in [6.45, 7) is 1.44. The molecule has 0 bridgehead atoms. The highest BCUT2D eigenvalue weighted by Gasteiger charge is 2.64. The van der Waals surface area contributed by atoms with Gasteiger partial charge in [-0.25, -0.2) is 19.9 Å². The van der Waals surface area contributed by atoms with E-state index in [1.807, 2.05) is 22.5 Å². The molecule has 4 aromatic rings. The average molecular weight is 525 g/mol. The van der Waals surface area contributed by atoms with Gasteiger partial charge in [-0.1, -0.05) is 0 Å². The van der Waals surface area contributed by atoms with Crippen LogP contribution in [0.5, 0.6) is 0 Å². The zero-order valence-corrected chi connectivity index (χ0v) is 20.1. The van der Waals surface area contributed by atoms with E-state index in [9.17, 15) is 18.0 Å². The molecule has 0 aromatic carbocycles. The molecule has 0 spiro atoms. The van der Waals surface area contributed by atoms with Crippen molar-refractivity contribution in [3.63, 3.8) is 0 Å². The van der Waals surface area contributed by atoms with E-state index < -0.39 is 17.6 Å². The van der Waals surface area contributed by atoms with E-state index in [4.69, 9.17) is 5.26 Å². The normalized spacial score (nSPS) is 14.3. The summed E-state index contributed by atoms with van der Waals surface area (Å²) in [6, 6.07) is 4.00. The maximum atomic E-state index is 13.2. The van der Waals surface area contributed by atoms with Gasteiger partial charge in [-0.3, -0.25) is 9.48 Å². The Balaban J connectivity index is 1.27. The molecule has 2 N–H and O–H groups in total. The predicted molar refractivity (Wildman–Crippen MR) is 130 cm³/mol. The highest BCUT2D eigenvalue weighted by atomic mass is 19.4. The number of nitriles is 1. The molecule has 14 heteroatoms. The molecule has 11 nitrogen and oxygen atoms in total. The predicted octanol–water partition coefficient (Wildman–Crippen LogP) is 3.25. The zero-order valence-electron chi connectivity index (χ0n) is 20.1. The molecule has 0 unspecified atom stereocenters. The molecular formula is C24H23F3N10O. The summed E-state index contributed by atoms with van der Waals surface area (Å²) < 4.78 is 41.3. The number of nitrogens with one attached hydrogen (secondary N) is 2. The average Bonchev–Trinajstić information content (AvgIpc) is 3.32. The lowest BCUT2D eigenvalue weighted by Crippen LogP contribution is -2.48. The number of halogens is 3. The number of aromatic nitrogens is 7. The summed E-state index contributed by atoms with van der Waals surface area (Å²) in [7, 11) is 0. The van der Waals surface area contributed by atoms with Crippen LogP contribution in [0.15, 0.2) is 43.4 Å². The van der Waals surface area contributed by atoms with E-state index in [1.165, 1.54) is 12.5 Å². The topological polar surface area (TPSA) is 141 Å². The van der Waals surface area contributed by atoms with Crippen LogP contribution in [0.25, 0.3) is 22.3 Å². The summed E-state index contributed by atoms with van der Waals surface area (Å²) in [5, 5.41) is 16.3. The smallest absolute Gasteiger partial charge is 0.353 e. The lowest BCUT2D eigenvalue weighted by Gasteiger charge is -2.23. The van der Waals surface area contributed by atoms with E-state index in [-0.39, 0.29) is 18.5 Å². The molecule has 0 aliphatic heterocycles. The number of nitrogens with zero attached hydrogens (tertiary/aromatic N) is 8. The van der Waals surface area contributed by atoms with Crippen LogP contribution in [-0.4, -0.2) is 65.4 Å². The number of aromatic amines is 1. The van der Waals surface area contributed by atoms with Crippen LogP contribution in [0.2, 0.25) is 0 Å². The monoisotopic (exact) mass is 524 g/mol. The van der Waals surface area contributed by atoms with Crippen LogP contribution in [-0.2, 0) is 6.54 Å². The number of anilines is 1. The van der Waals surface area contributed by atoms with E-state index >= 15 is 0 Å². The third-order valence-electron chi connectivity index (χ3n) is 6.42. The number of amides is 1. The van der Waals surface area contributed by atoms with Gasteiger partial charge in [0.05, 0.1) is 36.9 Å². The summed E-state index contributed by atoms with van der Waals surface area (Å²) in [4.78, 5) is 34.2. The first-order valence-electron chi connectivity index (χ1n) is 11.9. The zero-order chi connectivity index (χ0) is 26.8. The Morgan fingerprint density at radius 2 is 2.03 bits per heavy atom. The Morgan fingerprint density at radius 3 is 2.74 bits per heavy atom. The molecule has 1 saturated carbocycles. The molecule has 1 fully saturated rings. The number of H-pyrrole nitrogens is 1. The van der Waals surface area contributed by atoms with Gasteiger partial charge in [-0.2, -0.15) is 23.5 Å². The van der Waals surface area contributed by atoms with Gasteiger partial charge in [0.1, 0.15) is 29.0 Å². The van der Waals surface area contributed by atoms with Gasteiger partial charge in [0.25, 0.3) is 5.91 Å². The molecular weight excluding hydrogens is 501 g/mol. The largest absolute Gasteiger partial charge is 0.411 e. The fourth-order valence-corrected chi connectivity index (χ4v) is 4.11. The molecule has 4 heterocycles. The Kier molecular flexibility index (Phi) is 6.66. The molecule has 1 aliphatic carbocycles. The summed E-state index contributed by atoms with van der Waals surface area (Å²) >= 11 is 0. The van der Waals surface area contributed by atoms with Crippen molar-refractivity contribution in [1.29, 1.82) is 5.26 Å². The lowest BCUT2D eigenvalue weighted by molar-refractivity contribution is -0.163. The number of alkyl halides is 3. The third-order valence-corrected chi connectivity index (χ3v) is 6.42. The van der Waals surface area contributed by atoms with Crippen LogP contribution in [0.3, 0.4) is 0 Å². The van der Waals surface area contributed by atoms with Crippen LogP contribution < -0.4 is 10.2 Å². The SMILES string of the molecule is N#CCCCN(CCn1cc(-c2ncnc3[nH]ccc23)cn1)c1cnc(C(=O)NC2(C(F)(F)F)CC2)cn1. The van der Waals surface area contributed by atoms with Crippen LogP contribution in [0, 0.1) is 11.3 Å². The molecule has 4 aromatic heterocycles. The van der Waals surface area contributed by atoms with Gasteiger partial charge in [0.2, 0.25) is 0 Å². The Labute approximate surface area is 214 Å². The second-order valence-corrected chi connectivity index (χ2v) is 9.00. The van der Waals surface area contributed by atoms with E-state index in [0.717, 1.165) is 28.5 Å². The van der Waals surface area contributed by atoms with Crippen molar-refractivity contribution in [1.82, 2.24) is 40.0 Å². The van der Waals surface area contributed by atoms with Gasteiger partial charge in [-0.05, 0) is 25.3 Å². The van der Waals surface area contributed by atoms with E-state index in [2.05, 4.69) is 36.1 Å². The number of rotatable bonds is 10. The molecule has 196 valence electrons. The van der Waals surface area contributed by atoms with Crippen molar-refractivity contribution in [2.24, 2.45) is 0 Å². The third kappa shape index (κ3) is 5.13. The second kappa shape index (κ2) is 10.1. The fraction of sp³-hybridized carbons (Fsp3) is 0.375. The van der Waals surface area contributed by atoms with Gasteiger partial charge >= 0.3 is 6.18 Å². The first-order valence-corrected chi connectivity index (χ1v) is 11.9. The van der Waals surface area contributed by atoms with Gasteiger partial charge in [0.15, 0.2) is 0 Å². The standard InChI is InChI=1S/C24H23F3N10O/c25-24(26,27)23(4-5-23)35-22(38)18-12-31-19(13-30-18)36(8-2-1-6-28)9-10-37-14-16(11-34-37)20-17-3-7-29-21(17)33-15-32-20/h3,7,11-15H,1-2,4-5,8-10H2,(H,35,38)(H,29,32,33). The second-order valence-electron chi connectivity index (χ2n) is 9.00. The minimum atomic E-state index is -4.51. The van der Waals surface area contributed by atoms with Crippen molar-refractivity contribution in [2.75, 3.05) is 18.0 Å².